The van der Waals surface area contributed by atoms with Crippen molar-refractivity contribution in [2.45, 2.75) is 13.0 Å². The fourth-order valence-corrected chi connectivity index (χ4v) is 4.25. The predicted molar refractivity (Wildman–Crippen MR) is 89.7 cm³/mol. The third-order valence-electron chi connectivity index (χ3n) is 5.17. The normalized spacial score (nSPS) is 29.6. The largest absolute Gasteiger partial charge is 0.339 e. The lowest BCUT2D eigenvalue weighted by atomic mass is 9.76. The van der Waals surface area contributed by atoms with Crippen molar-refractivity contribution in [3.8, 4) is 0 Å². The van der Waals surface area contributed by atoms with E-state index in [1.165, 1.54) is 16.9 Å². The lowest BCUT2D eigenvalue weighted by molar-refractivity contribution is -0.478. The Morgan fingerprint density at radius 1 is 1.09 bits per heavy atom. The number of nitrogens with zero attached hydrogens (tertiary/aromatic N) is 2. The van der Waals surface area contributed by atoms with Crippen molar-refractivity contribution in [3.63, 3.8) is 0 Å². The van der Waals surface area contributed by atoms with Gasteiger partial charge in [-0.15, -0.1) is 0 Å². The number of hydrogen-bond acceptors (Lipinski definition) is 1. The quantitative estimate of drug-likeness (QED) is 0.683. The molecule has 3 heteroatoms. The Labute approximate surface area is 135 Å². The van der Waals surface area contributed by atoms with Gasteiger partial charge in [0, 0.05) is 5.92 Å². The van der Waals surface area contributed by atoms with Crippen LogP contribution >= 0.6 is 0 Å². The van der Waals surface area contributed by atoms with Gasteiger partial charge in [-0.2, -0.15) is 4.90 Å². The van der Waals surface area contributed by atoms with E-state index in [4.69, 9.17) is 0 Å². The number of allylic oxidation sites excluding steroid dienone is 10. The zero-order valence-electron chi connectivity index (χ0n) is 12.9. The van der Waals surface area contributed by atoms with E-state index in [2.05, 4.69) is 54.0 Å². The van der Waals surface area contributed by atoms with Crippen LogP contribution in [0.2, 0.25) is 0 Å². The maximum absolute atomic E-state index is 13.2. The van der Waals surface area contributed by atoms with E-state index in [9.17, 15) is 4.79 Å². The third-order valence-corrected chi connectivity index (χ3v) is 5.17. The molecule has 2 heterocycles. The van der Waals surface area contributed by atoms with Gasteiger partial charge in [0.15, 0.2) is 11.8 Å². The first kappa shape index (κ1) is 12.8. The number of carbonyl (C=O) groups excluding carboxylic acids is 1. The summed E-state index contributed by atoms with van der Waals surface area (Å²) in [7, 11) is 0. The van der Waals surface area contributed by atoms with Crippen molar-refractivity contribution in [1.29, 1.82) is 0 Å². The first-order chi connectivity index (χ1) is 11.3. The summed E-state index contributed by atoms with van der Waals surface area (Å²) in [5.41, 5.74) is 4.54. The van der Waals surface area contributed by atoms with Gasteiger partial charge in [-0.3, -0.25) is 0 Å². The Kier molecular flexibility index (Phi) is 2.46. The fraction of sp³-hybridized carbons (Fsp3) is 0.200. The van der Waals surface area contributed by atoms with Gasteiger partial charge in [0.2, 0.25) is 0 Å². The molecule has 0 bridgehead atoms. The first-order valence-corrected chi connectivity index (χ1v) is 8.14. The monoisotopic (exact) mass is 301 g/mol. The van der Waals surface area contributed by atoms with Gasteiger partial charge in [0.1, 0.15) is 0 Å². The summed E-state index contributed by atoms with van der Waals surface area (Å²) in [6.45, 7) is 3.01. The molecule has 5 rings (SSSR count). The van der Waals surface area contributed by atoms with Crippen molar-refractivity contribution in [2.24, 2.45) is 5.92 Å². The standard InChI is InChI=1S/C20H17N2O/c1-2-21-16-11-3-4-12-17(16)22-19(21)14-9-5-7-13-8-6-10-15(18(13)14)20(22)23/h3-12,17-18H,2H2,1H3/q+1. The van der Waals surface area contributed by atoms with E-state index in [-0.39, 0.29) is 17.9 Å². The molecule has 2 atom stereocenters. The van der Waals surface area contributed by atoms with Crippen LogP contribution in [0.15, 0.2) is 83.3 Å². The van der Waals surface area contributed by atoms with Gasteiger partial charge >= 0.3 is 5.91 Å². The summed E-state index contributed by atoms with van der Waals surface area (Å²) < 4.78 is 2.29. The Morgan fingerprint density at radius 3 is 2.83 bits per heavy atom. The Bertz CT molecular complexity index is 887. The van der Waals surface area contributed by atoms with Gasteiger partial charge in [0.05, 0.1) is 17.7 Å². The minimum Gasteiger partial charge on any atom is -0.241 e. The minimum atomic E-state index is 0.0189. The Morgan fingerprint density at radius 2 is 1.96 bits per heavy atom. The maximum Gasteiger partial charge on any atom is 0.339 e. The van der Waals surface area contributed by atoms with E-state index >= 15 is 0 Å². The topological polar surface area (TPSA) is 23.3 Å². The van der Waals surface area contributed by atoms with Crippen molar-refractivity contribution in [3.05, 3.63) is 83.3 Å². The van der Waals surface area contributed by atoms with Gasteiger partial charge in [-0.25, -0.2) is 9.37 Å². The van der Waals surface area contributed by atoms with Crippen LogP contribution in [0.25, 0.3) is 0 Å². The maximum atomic E-state index is 13.2. The summed E-state index contributed by atoms with van der Waals surface area (Å²) in [4.78, 5) is 15.2. The molecule has 112 valence electrons. The predicted octanol–water partition coefficient (Wildman–Crippen LogP) is 2.63. The zero-order chi connectivity index (χ0) is 15.6. The van der Waals surface area contributed by atoms with Crippen LogP contribution in [0.3, 0.4) is 0 Å². The lowest BCUT2D eigenvalue weighted by Crippen LogP contribution is -2.45. The second kappa shape index (κ2) is 4.42. The Hall–Kier alpha value is -2.68. The summed E-state index contributed by atoms with van der Waals surface area (Å²) >= 11 is 0. The first-order valence-electron chi connectivity index (χ1n) is 8.14. The molecule has 0 saturated heterocycles. The molecule has 2 aliphatic heterocycles. The SMILES string of the molecule is CC[N+]1=C2C=CC=CC2N2C(=O)C3=CC=CC4=CC=CC(=C21)C43. The summed E-state index contributed by atoms with van der Waals surface area (Å²) in [6.07, 6.45) is 20.8. The highest BCUT2D eigenvalue weighted by Gasteiger charge is 2.54. The van der Waals surface area contributed by atoms with Crippen molar-refractivity contribution in [2.75, 3.05) is 6.54 Å². The highest BCUT2D eigenvalue weighted by atomic mass is 16.2. The molecule has 0 aromatic rings. The van der Waals surface area contributed by atoms with Crippen molar-refractivity contribution < 1.29 is 9.37 Å². The highest BCUT2D eigenvalue weighted by Crippen LogP contribution is 2.45. The van der Waals surface area contributed by atoms with E-state index in [1.54, 1.807) is 0 Å². The number of rotatable bonds is 1. The van der Waals surface area contributed by atoms with Crippen LogP contribution < -0.4 is 0 Å². The van der Waals surface area contributed by atoms with E-state index in [0.717, 1.165) is 17.9 Å². The lowest BCUT2D eigenvalue weighted by Gasteiger charge is -2.33. The zero-order valence-corrected chi connectivity index (χ0v) is 12.9. The van der Waals surface area contributed by atoms with Crippen LogP contribution in [-0.2, 0) is 4.79 Å². The number of amides is 1. The molecule has 0 radical (unpaired) electrons. The number of fused-ring (bicyclic) bond motifs is 3. The molecule has 0 N–H and O–H groups in total. The third kappa shape index (κ3) is 1.49. The molecule has 3 nitrogen and oxygen atoms in total. The molecule has 3 aliphatic carbocycles. The van der Waals surface area contributed by atoms with Crippen molar-refractivity contribution >= 4 is 11.6 Å². The number of carbonyl (C=O) groups is 1. The Balaban J connectivity index is 1.83. The molecule has 0 aromatic heterocycles. The van der Waals surface area contributed by atoms with Crippen molar-refractivity contribution in [1.82, 2.24) is 4.90 Å². The molecular formula is C20H17N2O+. The van der Waals surface area contributed by atoms with Gasteiger partial charge in [0.25, 0.3) is 5.82 Å². The van der Waals surface area contributed by atoms with Crippen LogP contribution in [0.4, 0.5) is 0 Å². The van der Waals surface area contributed by atoms with E-state index in [0.29, 0.717) is 0 Å². The van der Waals surface area contributed by atoms with Crippen LogP contribution in [0, 0.1) is 5.92 Å². The smallest absolute Gasteiger partial charge is 0.241 e. The minimum absolute atomic E-state index is 0.0189. The molecule has 5 aliphatic rings. The second-order valence-electron chi connectivity index (χ2n) is 6.25. The highest BCUT2D eigenvalue weighted by molar-refractivity contribution is 6.07. The molecule has 0 aromatic carbocycles. The van der Waals surface area contributed by atoms with Gasteiger partial charge in [-0.05, 0) is 30.7 Å². The average Bonchev–Trinajstić information content (AvgIpc) is 2.94. The summed E-state index contributed by atoms with van der Waals surface area (Å²) in [5, 5.41) is 0. The molecule has 0 saturated carbocycles. The average molecular weight is 301 g/mol. The second-order valence-corrected chi connectivity index (χ2v) is 6.25. The molecular weight excluding hydrogens is 284 g/mol. The van der Waals surface area contributed by atoms with Gasteiger partial charge in [-0.1, -0.05) is 42.5 Å². The molecule has 0 fully saturated rings. The van der Waals surface area contributed by atoms with E-state index in [1.807, 2.05) is 23.1 Å². The molecule has 2 unspecified atom stereocenters. The number of hydrogen-bond donors (Lipinski definition) is 0. The summed E-state index contributed by atoms with van der Waals surface area (Å²) in [5.74, 6) is 1.29. The van der Waals surface area contributed by atoms with E-state index < -0.39 is 0 Å². The molecule has 1 amide bonds. The fourth-order valence-electron chi connectivity index (χ4n) is 4.25. The van der Waals surface area contributed by atoms with Crippen LogP contribution in [-0.4, -0.2) is 33.7 Å². The summed E-state index contributed by atoms with van der Waals surface area (Å²) in [6, 6.07) is 0.0189. The van der Waals surface area contributed by atoms with Gasteiger partial charge < -0.3 is 0 Å². The van der Waals surface area contributed by atoms with Crippen LogP contribution in [0.5, 0.6) is 0 Å². The molecule has 23 heavy (non-hydrogen) atoms. The van der Waals surface area contributed by atoms with Crippen LogP contribution in [0.1, 0.15) is 6.92 Å². The molecule has 0 spiro atoms.